The molecule has 1 aliphatic rings. The average Bonchev–Trinajstić information content (AvgIpc) is 2.88. The summed E-state index contributed by atoms with van der Waals surface area (Å²) >= 11 is 3.50. The highest BCUT2D eigenvalue weighted by Crippen LogP contribution is 2.34. The molecule has 3 rings (SSSR count). The van der Waals surface area contributed by atoms with Crippen LogP contribution in [-0.2, 0) is 12.8 Å². The van der Waals surface area contributed by atoms with Crippen LogP contribution >= 0.6 is 15.9 Å². The monoisotopic (exact) mass is 332 g/mol. The van der Waals surface area contributed by atoms with E-state index in [0.29, 0.717) is 0 Å². The molecule has 2 nitrogen and oxygen atoms in total. The summed E-state index contributed by atoms with van der Waals surface area (Å²) in [5, 5.41) is 9.57. The minimum absolute atomic E-state index is 0.472. The van der Waals surface area contributed by atoms with Gasteiger partial charge in [0.05, 0.1) is 10.6 Å². The van der Waals surface area contributed by atoms with E-state index in [1.807, 2.05) is 24.3 Å². The van der Waals surface area contributed by atoms with Crippen molar-refractivity contribution in [2.24, 2.45) is 0 Å². The Morgan fingerprint density at radius 3 is 2.65 bits per heavy atom. The highest BCUT2D eigenvalue weighted by Gasteiger charge is 2.12. The number of fused-ring (bicyclic) bond motifs is 1. The first-order valence-electron chi connectivity index (χ1n) is 6.90. The molecule has 2 aromatic carbocycles. The zero-order valence-electron chi connectivity index (χ0n) is 11.4. The maximum absolute atomic E-state index is 9.57. The molecule has 0 aliphatic heterocycles. The standard InChI is InChI=1S/C17H17BrO2/c1-11(19)13-6-8-17(16(18)10-13)20-15-7-5-12-3-2-4-14(12)9-15/h5-11,19H,2-4H2,1H3/t11-/m0/s1. The Bertz CT molecular complexity index is 635. The molecule has 0 unspecified atom stereocenters. The van der Waals surface area contributed by atoms with Crippen molar-refractivity contribution in [2.45, 2.75) is 32.3 Å². The largest absolute Gasteiger partial charge is 0.456 e. The van der Waals surface area contributed by atoms with Gasteiger partial charge in [0.2, 0.25) is 0 Å². The summed E-state index contributed by atoms with van der Waals surface area (Å²) in [6.07, 6.45) is 3.10. The summed E-state index contributed by atoms with van der Waals surface area (Å²) in [7, 11) is 0. The Morgan fingerprint density at radius 2 is 1.90 bits per heavy atom. The topological polar surface area (TPSA) is 29.5 Å². The predicted molar refractivity (Wildman–Crippen MR) is 83.3 cm³/mol. The zero-order valence-corrected chi connectivity index (χ0v) is 13.0. The van der Waals surface area contributed by atoms with Gasteiger partial charge in [0, 0.05) is 0 Å². The van der Waals surface area contributed by atoms with Gasteiger partial charge >= 0.3 is 0 Å². The molecule has 0 heterocycles. The lowest BCUT2D eigenvalue weighted by Gasteiger charge is -2.11. The van der Waals surface area contributed by atoms with Gasteiger partial charge < -0.3 is 9.84 Å². The van der Waals surface area contributed by atoms with E-state index in [9.17, 15) is 5.11 Å². The first-order valence-corrected chi connectivity index (χ1v) is 7.70. The van der Waals surface area contributed by atoms with Gasteiger partial charge in [0.1, 0.15) is 11.5 Å². The number of aryl methyl sites for hydroxylation is 2. The summed E-state index contributed by atoms with van der Waals surface area (Å²) in [6, 6.07) is 12.0. The van der Waals surface area contributed by atoms with Crippen molar-refractivity contribution in [2.75, 3.05) is 0 Å². The van der Waals surface area contributed by atoms with Gasteiger partial charge in [-0.05, 0) is 83.1 Å². The lowest BCUT2D eigenvalue weighted by molar-refractivity contribution is 0.199. The van der Waals surface area contributed by atoms with Gasteiger partial charge in [-0.1, -0.05) is 12.1 Å². The second-order valence-corrected chi connectivity index (χ2v) is 6.11. The number of rotatable bonds is 3. The van der Waals surface area contributed by atoms with Crippen LogP contribution in [0.1, 0.15) is 36.1 Å². The maximum atomic E-state index is 9.57. The molecule has 2 aromatic rings. The third kappa shape index (κ3) is 2.74. The third-order valence-corrected chi connectivity index (χ3v) is 4.36. The van der Waals surface area contributed by atoms with Crippen molar-refractivity contribution in [1.29, 1.82) is 0 Å². The van der Waals surface area contributed by atoms with E-state index in [1.54, 1.807) is 6.92 Å². The van der Waals surface area contributed by atoms with Crippen molar-refractivity contribution < 1.29 is 9.84 Å². The van der Waals surface area contributed by atoms with E-state index >= 15 is 0 Å². The van der Waals surface area contributed by atoms with Crippen molar-refractivity contribution in [1.82, 2.24) is 0 Å². The molecule has 0 fully saturated rings. The Labute approximate surface area is 127 Å². The van der Waals surface area contributed by atoms with Crippen LogP contribution in [0.2, 0.25) is 0 Å². The maximum Gasteiger partial charge on any atom is 0.141 e. The van der Waals surface area contributed by atoms with Gasteiger partial charge in [-0.3, -0.25) is 0 Å². The summed E-state index contributed by atoms with van der Waals surface area (Å²) in [6.45, 7) is 1.75. The lowest BCUT2D eigenvalue weighted by Crippen LogP contribution is -1.93. The van der Waals surface area contributed by atoms with Gasteiger partial charge in [-0.25, -0.2) is 0 Å². The summed E-state index contributed by atoms with van der Waals surface area (Å²) < 4.78 is 6.80. The van der Waals surface area contributed by atoms with E-state index in [1.165, 1.54) is 24.0 Å². The van der Waals surface area contributed by atoms with Crippen LogP contribution in [0.3, 0.4) is 0 Å². The van der Waals surface area contributed by atoms with Crippen LogP contribution < -0.4 is 4.74 Å². The van der Waals surface area contributed by atoms with Crippen LogP contribution in [0, 0.1) is 0 Å². The minimum atomic E-state index is -0.472. The van der Waals surface area contributed by atoms with Crippen molar-refractivity contribution in [3.05, 3.63) is 57.6 Å². The molecule has 3 heteroatoms. The molecule has 20 heavy (non-hydrogen) atoms. The van der Waals surface area contributed by atoms with E-state index in [2.05, 4.69) is 28.1 Å². The van der Waals surface area contributed by atoms with Crippen molar-refractivity contribution in [3.8, 4) is 11.5 Å². The zero-order chi connectivity index (χ0) is 14.1. The third-order valence-electron chi connectivity index (χ3n) is 3.74. The molecule has 0 aromatic heterocycles. The highest BCUT2D eigenvalue weighted by atomic mass is 79.9. The Kier molecular flexibility index (Phi) is 3.81. The van der Waals surface area contributed by atoms with Gasteiger partial charge in [0.15, 0.2) is 0 Å². The van der Waals surface area contributed by atoms with Crippen LogP contribution in [0.25, 0.3) is 0 Å². The molecule has 1 aliphatic carbocycles. The van der Waals surface area contributed by atoms with Crippen molar-refractivity contribution >= 4 is 15.9 Å². The van der Waals surface area contributed by atoms with E-state index in [-0.39, 0.29) is 0 Å². The number of ether oxygens (including phenoxy) is 1. The van der Waals surface area contributed by atoms with Gasteiger partial charge in [-0.2, -0.15) is 0 Å². The number of hydrogen-bond acceptors (Lipinski definition) is 2. The summed E-state index contributed by atoms with van der Waals surface area (Å²) in [5.41, 5.74) is 3.72. The first kappa shape index (κ1) is 13.7. The number of hydrogen-bond donors (Lipinski definition) is 1. The lowest BCUT2D eigenvalue weighted by atomic mass is 10.1. The van der Waals surface area contributed by atoms with Crippen molar-refractivity contribution in [3.63, 3.8) is 0 Å². The molecule has 1 atom stereocenters. The molecule has 1 N–H and O–H groups in total. The van der Waals surface area contributed by atoms with E-state index in [4.69, 9.17) is 4.74 Å². The van der Waals surface area contributed by atoms with Crippen LogP contribution in [0.5, 0.6) is 11.5 Å². The second kappa shape index (κ2) is 5.58. The Morgan fingerprint density at radius 1 is 1.10 bits per heavy atom. The van der Waals surface area contributed by atoms with Crippen LogP contribution in [0.4, 0.5) is 0 Å². The molecule has 0 bridgehead atoms. The van der Waals surface area contributed by atoms with E-state index < -0.39 is 6.10 Å². The predicted octanol–water partition coefficient (Wildman–Crippen LogP) is 4.78. The fraction of sp³-hybridized carbons (Fsp3) is 0.294. The molecular formula is C17H17BrO2. The SMILES string of the molecule is C[C@H](O)c1ccc(Oc2ccc3c(c2)CCC3)c(Br)c1. The summed E-state index contributed by atoms with van der Waals surface area (Å²) in [4.78, 5) is 0. The first-order chi connectivity index (χ1) is 9.63. The molecule has 0 amide bonds. The molecule has 0 spiro atoms. The fourth-order valence-electron chi connectivity index (χ4n) is 2.60. The van der Waals surface area contributed by atoms with Crippen LogP contribution in [-0.4, -0.2) is 5.11 Å². The number of halogens is 1. The normalized spacial score (nSPS) is 14.9. The van der Waals surface area contributed by atoms with Gasteiger partial charge in [0.25, 0.3) is 0 Å². The smallest absolute Gasteiger partial charge is 0.141 e. The number of aliphatic hydroxyl groups is 1. The molecule has 0 saturated heterocycles. The number of aliphatic hydroxyl groups excluding tert-OH is 1. The summed E-state index contributed by atoms with van der Waals surface area (Å²) in [5.74, 6) is 1.64. The molecule has 104 valence electrons. The highest BCUT2D eigenvalue weighted by molar-refractivity contribution is 9.10. The van der Waals surface area contributed by atoms with Gasteiger partial charge in [-0.15, -0.1) is 0 Å². The minimum Gasteiger partial charge on any atom is -0.456 e. The molecule has 0 radical (unpaired) electrons. The fourth-order valence-corrected chi connectivity index (χ4v) is 3.08. The molecular weight excluding hydrogens is 316 g/mol. The average molecular weight is 333 g/mol. The van der Waals surface area contributed by atoms with Crippen LogP contribution in [0.15, 0.2) is 40.9 Å². The number of benzene rings is 2. The Hall–Kier alpha value is -1.32. The van der Waals surface area contributed by atoms with E-state index in [0.717, 1.165) is 28.0 Å². The molecule has 0 saturated carbocycles. The quantitative estimate of drug-likeness (QED) is 0.876. The second-order valence-electron chi connectivity index (χ2n) is 5.25. The Balaban J connectivity index is 1.84.